The van der Waals surface area contributed by atoms with Crippen LogP contribution in [-0.2, 0) is 0 Å². The summed E-state index contributed by atoms with van der Waals surface area (Å²) in [6, 6.07) is 4.18. The maximum Gasteiger partial charge on any atom is 0.255 e. The summed E-state index contributed by atoms with van der Waals surface area (Å²) in [7, 11) is 0. The second-order valence-electron chi connectivity index (χ2n) is 4.33. The van der Waals surface area contributed by atoms with E-state index in [1.54, 1.807) is 12.4 Å². The molecule has 22 heavy (non-hydrogen) atoms. The molecule has 0 radical (unpaired) electrons. The number of aromatic nitrogens is 4. The zero-order chi connectivity index (χ0) is 15.5. The number of anilines is 1. The SMILES string of the molecule is O=C(Nc1cnc(Cl)nc1)c1ccc(-n2ccnc2)c(F)c1. The third-order valence-electron chi connectivity index (χ3n) is 2.87. The van der Waals surface area contributed by atoms with E-state index in [1.807, 2.05) is 0 Å². The van der Waals surface area contributed by atoms with Crippen LogP contribution in [0.2, 0.25) is 5.28 Å². The van der Waals surface area contributed by atoms with Crippen LogP contribution in [-0.4, -0.2) is 25.4 Å². The van der Waals surface area contributed by atoms with Gasteiger partial charge < -0.3 is 9.88 Å². The highest BCUT2D eigenvalue weighted by Gasteiger charge is 2.11. The normalized spacial score (nSPS) is 10.5. The van der Waals surface area contributed by atoms with E-state index < -0.39 is 11.7 Å². The number of hydrogen-bond donors (Lipinski definition) is 1. The quantitative estimate of drug-likeness (QED) is 0.754. The summed E-state index contributed by atoms with van der Waals surface area (Å²) in [5.74, 6) is -1.000. The van der Waals surface area contributed by atoms with Gasteiger partial charge in [0.1, 0.15) is 5.82 Å². The first-order chi connectivity index (χ1) is 10.6. The van der Waals surface area contributed by atoms with E-state index in [1.165, 1.54) is 35.4 Å². The van der Waals surface area contributed by atoms with Gasteiger partial charge in [-0.25, -0.2) is 19.3 Å². The van der Waals surface area contributed by atoms with E-state index in [0.29, 0.717) is 11.4 Å². The highest BCUT2D eigenvalue weighted by atomic mass is 35.5. The van der Waals surface area contributed by atoms with Gasteiger partial charge in [-0.2, -0.15) is 0 Å². The Labute approximate surface area is 129 Å². The van der Waals surface area contributed by atoms with Crippen LogP contribution < -0.4 is 5.32 Å². The number of hydrogen-bond acceptors (Lipinski definition) is 4. The molecule has 0 saturated carbocycles. The minimum absolute atomic E-state index is 0.0775. The van der Waals surface area contributed by atoms with E-state index in [9.17, 15) is 9.18 Å². The minimum Gasteiger partial charge on any atom is -0.319 e. The van der Waals surface area contributed by atoms with Crippen molar-refractivity contribution in [2.24, 2.45) is 0 Å². The Kier molecular flexibility index (Phi) is 3.80. The standard InChI is InChI=1S/C14H9ClFN5O/c15-14-18-6-10(7-19-14)20-13(22)9-1-2-12(11(16)5-9)21-4-3-17-8-21/h1-8H,(H,20,22). The second kappa shape index (κ2) is 5.90. The van der Waals surface area contributed by atoms with Crippen molar-refractivity contribution >= 4 is 23.2 Å². The molecule has 0 aliphatic heterocycles. The Balaban J connectivity index is 1.81. The summed E-state index contributed by atoms with van der Waals surface area (Å²) >= 11 is 5.56. The molecule has 0 aliphatic rings. The van der Waals surface area contributed by atoms with Crippen molar-refractivity contribution in [1.29, 1.82) is 0 Å². The molecule has 0 spiro atoms. The molecule has 110 valence electrons. The molecular formula is C14H9ClFN5O. The summed E-state index contributed by atoms with van der Waals surface area (Å²) in [4.78, 5) is 23.4. The van der Waals surface area contributed by atoms with Gasteiger partial charge in [-0.05, 0) is 29.8 Å². The average molecular weight is 318 g/mol. The molecule has 3 aromatic rings. The Hall–Kier alpha value is -2.80. The van der Waals surface area contributed by atoms with E-state index in [0.717, 1.165) is 6.07 Å². The zero-order valence-electron chi connectivity index (χ0n) is 11.1. The number of nitrogens with zero attached hydrogens (tertiary/aromatic N) is 4. The summed E-state index contributed by atoms with van der Waals surface area (Å²) in [6.07, 6.45) is 7.36. The van der Waals surface area contributed by atoms with E-state index in [2.05, 4.69) is 20.3 Å². The van der Waals surface area contributed by atoms with Crippen LogP contribution in [0.15, 0.2) is 49.3 Å². The third kappa shape index (κ3) is 2.94. The Morgan fingerprint density at radius 1 is 1.27 bits per heavy atom. The number of benzene rings is 1. The predicted octanol–water partition coefficient (Wildman–Crippen LogP) is 2.71. The van der Waals surface area contributed by atoms with Gasteiger partial charge in [-0.1, -0.05) is 0 Å². The number of imidazole rings is 1. The molecular weight excluding hydrogens is 309 g/mol. The number of halogens is 2. The second-order valence-corrected chi connectivity index (χ2v) is 4.67. The van der Waals surface area contributed by atoms with Crippen LogP contribution in [0.3, 0.4) is 0 Å². The molecule has 0 fully saturated rings. The largest absolute Gasteiger partial charge is 0.319 e. The molecule has 0 aliphatic carbocycles. The molecule has 2 heterocycles. The van der Waals surface area contributed by atoms with Crippen LogP contribution in [0.1, 0.15) is 10.4 Å². The van der Waals surface area contributed by atoms with Gasteiger partial charge >= 0.3 is 0 Å². The van der Waals surface area contributed by atoms with Crippen molar-refractivity contribution in [2.75, 3.05) is 5.32 Å². The smallest absolute Gasteiger partial charge is 0.255 e. The summed E-state index contributed by atoms with van der Waals surface area (Å²) in [5, 5.41) is 2.64. The number of nitrogens with one attached hydrogen (secondary N) is 1. The summed E-state index contributed by atoms with van der Waals surface area (Å²) in [5.41, 5.74) is 0.855. The van der Waals surface area contributed by atoms with Crippen molar-refractivity contribution in [3.05, 3.63) is 66.0 Å². The van der Waals surface area contributed by atoms with E-state index in [-0.39, 0.29) is 10.8 Å². The van der Waals surface area contributed by atoms with E-state index >= 15 is 0 Å². The van der Waals surface area contributed by atoms with Crippen LogP contribution in [0.5, 0.6) is 0 Å². The molecule has 0 saturated heterocycles. The van der Waals surface area contributed by atoms with Gasteiger partial charge in [0.25, 0.3) is 5.91 Å². The van der Waals surface area contributed by atoms with Gasteiger partial charge in [0.05, 0.1) is 30.1 Å². The first kappa shape index (κ1) is 14.2. The van der Waals surface area contributed by atoms with Crippen molar-refractivity contribution in [2.45, 2.75) is 0 Å². The van der Waals surface area contributed by atoms with Crippen LogP contribution in [0.4, 0.5) is 10.1 Å². The van der Waals surface area contributed by atoms with Gasteiger partial charge in [0, 0.05) is 18.0 Å². The van der Waals surface area contributed by atoms with Crippen LogP contribution >= 0.6 is 11.6 Å². The molecule has 0 atom stereocenters. The lowest BCUT2D eigenvalue weighted by atomic mass is 10.2. The number of carbonyl (C=O) groups is 1. The van der Waals surface area contributed by atoms with Crippen molar-refractivity contribution in [3.63, 3.8) is 0 Å². The molecule has 2 aromatic heterocycles. The number of amides is 1. The van der Waals surface area contributed by atoms with Crippen molar-refractivity contribution < 1.29 is 9.18 Å². The monoisotopic (exact) mass is 317 g/mol. The lowest BCUT2D eigenvalue weighted by Gasteiger charge is -2.07. The maximum absolute atomic E-state index is 14.1. The molecule has 0 bridgehead atoms. The van der Waals surface area contributed by atoms with Crippen LogP contribution in [0.25, 0.3) is 5.69 Å². The fourth-order valence-corrected chi connectivity index (χ4v) is 1.94. The molecule has 0 unspecified atom stereocenters. The molecule has 1 aromatic carbocycles. The molecule has 1 amide bonds. The highest BCUT2D eigenvalue weighted by Crippen LogP contribution is 2.16. The Morgan fingerprint density at radius 2 is 2.05 bits per heavy atom. The van der Waals surface area contributed by atoms with Crippen molar-refractivity contribution in [3.8, 4) is 5.69 Å². The predicted molar refractivity (Wildman–Crippen MR) is 78.5 cm³/mol. The molecule has 8 heteroatoms. The fraction of sp³-hybridized carbons (Fsp3) is 0. The maximum atomic E-state index is 14.1. The first-order valence-corrected chi connectivity index (χ1v) is 6.58. The van der Waals surface area contributed by atoms with Gasteiger partial charge in [0.2, 0.25) is 5.28 Å². The fourth-order valence-electron chi connectivity index (χ4n) is 1.84. The lowest BCUT2D eigenvalue weighted by molar-refractivity contribution is 0.102. The molecule has 6 nitrogen and oxygen atoms in total. The zero-order valence-corrected chi connectivity index (χ0v) is 11.8. The lowest BCUT2D eigenvalue weighted by Crippen LogP contribution is -2.13. The summed E-state index contributed by atoms with van der Waals surface area (Å²) < 4.78 is 15.6. The summed E-state index contributed by atoms with van der Waals surface area (Å²) in [6.45, 7) is 0. The van der Waals surface area contributed by atoms with Gasteiger partial charge in [-0.15, -0.1) is 0 Å². The first-order valence-electron chi connectivity index (χ1n) is 6.20. The topological polar surface area (TPSA) is 72.7 Å². The van der Waals surface area contributed by atoms with E-state index in [4.69, 9.17) is 11.6 Å². The van der Waals surface area contributed by atoms with Gasteiger partial charge in [-0.3, -0.25) is 4.79 Å². The van der Waals surface area contributed by atoms with Gasteiger partial charge in [0.15, 0.2) is 0 Å². The third-order valence-corrected chi connectivity index (χ3v) is 3.07. The molecule has 1 N–H and O–H groups in total. The Bertz CT molecular complexity index is 805. The molecule has 3 rings (SSSR count). The highest BCUT2D eigenvalue weighted by molar-refractivity contribution is 6.28. The number of rotatable bonds is 3. The Morgan fingerprint density at radius 3 is 2.68 bits per heavy atom. The van der Waals surface area contributed by atoms with Crippen molar-refractivity contribution in [1.82, 2.24) is 19.5 Å². The average Bonchev–Trinajstić information content (AvgIpc) is 3.03. The number of carbonyl (C=O) groups excluding carboxylic acids is 1. The minimum atomic E-state index is -0.530. The van der Waals surface area contributed by atoms with Crippen LogP contribution in [0, 0.1) is 5.82 Å².